The van der Waals surface area contributed by atoms with Gasteiger partial charge in [0.15, 0.2) is 0 Å². The quantitative estimate of drug-likeness (QED) is 0.758. The van der Waals surface area contributed by atoms with Gasteiger partial charge in [0.1, 0.15) is 5.75 Å². The second kappa shape index (κ2) is 9.76. The number of hydrogen-bond acceptors (Lipinski definition) is 4. The summed E-state index contributed by atoms with van der Waals surface area (Å²) < 4.78 is 5.64. The molecule has 1 aromatic carbocycles. The first-order chi connectivity index (χ1) is 15.5. The standard InChI is InChI=1S/C25H34N4O3/c1-4-32-22-11-6-5-10-20(22)24(30)28-14-12-19(13-15-28)23-21(16-26-27-23)25(31)29-17(2)8-7-9-18(29)3/h5-6,10-11,16-19H,4,7-9,12-15H2,1-3H3,(H,26,27)/t17-,18-/m0/s1. The molecule has 0 spiro atoms. The molecular formula is C25H34N4O3. The first-order valence-corrected chi connectivity index (χ1v) is 11.9. The molecule has 172 valence electrons. The minimum atomic E-state index is 0.00405. The van der Waals surface area contributed by atoms with Crippen molar-refractivity contribution in [3.05, 3.63) is 47.3 Å². The minimum Gasteiger partial charge on any atom is -0.493 e. The van der Waals surface area contributed by atoms with Crippen LogP contribution in [0.1, 0.15) is 85.2 Å². The summed E-state index contributed by atoms with van der Waals surface area (Å²) in [6.07, 6.45) is 6.55. The molecule has 2 amide bonds. The van der Waals surface area contributed by atoms with Crippen LogP contribution in [0.4, 0.5) is 0 Å². The van der Waals surface area contributed by atoms with Gasteiger partial charge in [-0.05, 0) is 65.0 Å². The van der Waals surface area contributed by atoms with Crippen LogP contribution < -0.4 is 4.74 Å². The largest absolute Gasteiger partial charge is 0.493 e. The fourth-order valence-corrected chi connectivity index (χ4v) is 5.20. The number of ether oxygens (including phenoxy) is 1. The van der Waals surface area contributed by atoms with Gasteiger partial charge in [-0.25, -0.2) is 0 Å². The van der Waals surface area contributed by atoms with Crippen molar-refractivity contribution < 1.29 is 14.3 Å². The molecule has 1 N–H and O–H groups in total. The number of aromatic nitrogens is 2. The number of amides is 2. The van der Waals surface area contributed by atoms with Crippen molar-refractivity contribution in [2.24, 2.45) is 0 Å². The molecule has 2 aliphatic rings. The van der Waals surface area contributed by atoms with Crippen LogP contribution in [0, 0.1) is 0 Å². The van der Waals surface area contributed by atoms with E-state index in [1.165, 1.54) is 6.42 Å². The minimum absolute atomic E-state index is 0.00405. The van der Waals surface area contributed by atoms with Crippen molar-refractivity contribution >= 4 is 11.8 Å². The number of benzene rings is 1. The van der Waals surface area contributed by atoms with E-state index in [-0.39, 0.29) is 29.8 Å². The maximum atomic E-state index is 13.4. The van der Waals surface area contributed by atoms with Gasteiger partial charge in [-0.1, -0.05) is 12.1 Å². The third-order valence-corrected chi connectivity index (χ3v) is 6.93. The topological polar surface area (TPSA) is 78.5 Å². The van der Waals surface area contributed by atoms with Gasteiger partial charge < -0.3 is 14.5 Å². The lowest BCUT2D eigenvalue weighted by Gasteiger charge is -2.39. The molecule has 1 aromatic heterocycles. The number of para-hydroxylation sites is 1. The summed E-state index contributed by atoms with van der Waals surface area (Å²) in [4.78, 5) is 30.4. The summed E-state index contributed by atoms with van der Waals surface area (Å²) in [6.45, 7) is 8.01. The molecule has 0 aliphatic carbocycles. The monoisotopic (exact) mass is 438 g/mol. The van der Waals surface area contributed by atoms with Crippen LogP contribution in [-0.2, 0) is 0 Å². The Morgan fingerprint density at radius 2 is 1.72 bits per heavy atom. The Balaban J connectivity index is 1.44. The Morgan fingerprint density at radius 3 is 2.41 bits per heavy atom. The van der Waals surface area contributed by atoms with Gasteiger partial charge in [-0.2, -0.15) is 5.10 Å². The van der Waals surface area contributed by atoms with Gasteiger partial charge in [0, 0.05) is 31.1 Å². The van der Waals surface area contributed by atoms with Crippen LogP contribution in [0.25, 0.3) is 0 Å². The Morgan fingerprint density at radius 1 is 1.03 bits per heavy atom. The summed E-state index contributed by atoms with van der Waals surface area (Å²) in [5.74, 6) is 0.911. The number of likely N-dealkylation sites (tertiary alicyclic amines) is 2. The van der Waals surface area contributed by atoms with Crippen LogP contribution in [0.2, 0.25) is 0 Å². The van der Waals surface area contributed by atoms with E-state index in [0.29, 0.717) is 36.6 Å². The van der Waals surface area contributed by atoms with Crippen LogP contribution >= 0.6 is 0 Å². The molecule has 7 heteroatoms. The molecule has 2 aliphatic heterocycles. The summed E-state index contributed by atoms with van der Waals surface area (Å²) in [6, 6.07) is 7.92. The Kier molecular flexibility index (Phi) is 6.82. The van der Waals surface area contributed by atoms with E-state index in [2.05, 4.69) is 24.0 Å². The van der Waals surface area contributed by atoms with Gasteiger partial charge in [0.2, 0.25) is 0 Å². The smallest absolute Gasteiger partial charge is 0.257 e. The zero-order valence-electron chi connectivity index (χ0n) is 19.3. The van der Waals surface area contributed by atoms with Gasteiger partial charge in [0.05, 0.1) is 29.6 Å². The molecule has 32 heavy (non-hydrogen) atoms. The average Bonchev–Trinajstić information content (AvgIpc) is 3.29. The lowest BCUT2D eigenvalue weighted by Crippen LogP contribution is -2.47. The highest BCUT2D eigenvalue weighted by molar-refractivity contribution is 5.97. The van der Waals surface area contributed by atoms with E-state index in [0.717, 1.165) is 31.4 Å². The van der Waals surface area contributed by atoms with E-state index in [1.54, 1.807) is 6.20 Å². The molecular weight excluding hydrogens is 404 g/mol. The fraction of sp³-hybridized carbons (Fsp3) is 0.560. The number of aromatic amines is 1. The zero-order valence-corrected chi connectivity index (χ0v) is 19.3. The fourth-order valence-electron chi connectivity index (χ4n) is 5.20. The lowest BCUT2D eigenvalue weighted by molar-refractivity contribution is 0.0507. The number of carbonyl (C=O) groups excluding carboxylic acids is 2. The van der Waals surface area contributed by atoms with E-state index >= 15 is 0 Å². The number of hydrogen-bond donors (Lipinski definition) is 1. The number of piperidine rings is 2. The van der Waals surface area contributed by atoms with Crippen LogP contribution in [0.15, 0.2) is 30.5 Å². The van der Waals surface area contributed by atoms with Gasteiger partial charge >= 0.3 is 0 Å². The van der Waals surface area contributed by atoms with Crippen molar-refractivity contribution in [2.75, 3.05) is 19.7 Å². The maximum Gasteiger partial charge on any atom is 0.257 e. The summed E-state index contributed by atoms with van der Waals surface area (Å²) >= 11 is 0. The molecule has 0 saturated carbocycles. The molecule has 2 atom stereocenters. The summed E-state index contributed by atoms with van der Waals surface area (Å²) in [5.41, 5.74) is 2.22. The second-order valence-electron chi connectivity index (χ2n) is 9.03. The molecule has 7 nitrogen and oxygen atoms in total. The van der Waals surface area contributed by atoms with Gasteiger partial charge in [0.25, 0.3) is 11.8 Å². The number of carbonyl (C=O) groups is 2. The van der Waals surface area contributed by atoms with E-state index in [1.807, 2.05) is 41.0 Å². The third kappa shape index (κ3) is 4.38. The maximum absolute atomic E-state index is 13.4. The molecule has 4 rings (SSSR count). The van der Waals surface area contributed by atoms with E-state index in [9.17, 15) is 9.59 Å². The summed E-state index contributed by atoms with van der Waals surface area (Å²) in [7, 11) is 0. The predicted molar refractivity (Wildman–Crippen MR) is 123 cm³/mol. The first kappa shape index (κ1) is 22.4. The lowest BCUT2D eigenvalue weighted by atomic mass is 9.89. The molecule has 0 bridgehead atoms. The van der Waals surface area contributed by atoms with Crippen molar-refractivity contribution in [3.63, 3.8) is 0 Å². The molecule has 2 fully saturated rings. The Bertz CT molecular complexity index is 938. The normalized spacial score (nSPS) is 22.1. The van der Waals surface area contributed by atoms with Crippen LogP contribution in [-0.4, -0.2) is 63.6 Å². The molecule has 2 saturated heterocycles. The Hall–Kier alpha value is -2.83. The second-order valence-corrected chi connectivity index (χ2v) is 9.03. The highest BCUT2D eigenvalue weighted by Crippen LogP contribution is 2.32. The van der Waals surface area contributed by atoms with Crippen molar-refractivity contribution in [2.45, 2.75) is 70.9 Å². The molecule has 0 unspecified atom stereocenters. The van der Waals surface area contributed by atoms with Gasteiger partial charge in [-0.3, -0.25) is 14.7 Å². The SMILES string of the molecule is CCOc1ccccc1C(=O)N1CCC(c2[nH]ncc2C(=O)N2[C@@H](C)CCC[C@@H]2C)CC1. The van der Waals surface area contributed by atoms with E-state index < -0.39 is 0 Å². The number of H-pyrrole nitrogens is 1. The van der Waals surface area contributed by atoms with E-state index in [4.69, 9.17) is 4.74 Å². The van der Waals surface area contributed by atoms with Gasteiger partial charge in [-0.15, -0.1) is 0 Å². The molecule has 0 radical (unpaired) electrons. The average molecular weight is 439 g/mol. The van der Waals surface area contributed by atoms with Crippen LogP contribution in [0.3, 0.4) is 0 Å². The summed E-state index contributed by atoms with van der Waals surface area (Å²) in [5, 5.41) is 7.33. The number of rotatable bonds is 5. The molecule has 2 aromatic rings. The third-order valence-electron chi connectivity index (χ3n) is 6.93. The van der Waals surface area contributed by atoms with Crippen molar-refractivity contribution in [1.29, 1.82) is 0 Å². The van der Waals surface area contributed by atoms with Crippen LogP contribution in [0.5, 0.6) is 5.75 Å². The highest BCUT2D eigenvalue weighted by atomic mass is 16.5. The molecule has 3 heterocycles. The Labute approximate surface area is 190 Å². The van der Waals surface area contributed by atoms with Crippen molar-refractivity contribution in [1.82, 2.24) is 20.0 Å². The van der Waals surface area contributed by atoms with Crippen molar-refractivity contribution in [3.8, 4) is 5.75 Å². The highest BCUT2D eigenvalue weighted by Gasteiger charge is 2.34. The number of nitrogens with one attached hydrogen (secondary N) is 1. The number of nitrogens with zero attached hydrogens (tertiary/aromatic N) is 3. The first-order valence-electron chi connectivity index (χ1n) is 11.9. The zero-order chi connectivity index (χ0) is 22.7. The predicted octanol–water partition coefficient (Wildman–Crippen LogP) is 4.23.